The summed E-state index contributed by atoms with van der Waals surface area (Å²) in [6.45, 7) is 4.75. The lowest BCUT2D eigenvalue weighted by Crippen LogP contribution is -2.16. The maximum Gasteiger partial charge on any atom is 0.0541 e. The number of hydrogen-bond acceptors (Lipinski definition) is 1. The van der Waals surface area contributed by atoms with Gasteiger partial charge in [0.05, 0.1) is 11.0 Å². The molecule has 0 amide bonds. The van der Waals surface area contributed by atoms with E-state index < -0.39 is 0 Å². The number of para-hydroxylation sites is 1. The van der Waals surface area contributed by atoms with Crippen molar-refractivity contribution < 1.29 is 0 Å². The van der Waals surface area contributed by atoms with E-state index in [9.17, 15) is 0 Å². The minimum atomic E-state index is -0.148. The Labute approximate surface area is 426 Å². The van der Waals surface area contributed by atoms with Crippen molar-refractivity contribution in [3.05, 3.63) is 288 Å². The van der Waals surface area contributed by atoms with Gasteiger partial charge in [0.25, 0.3) is 0 Å². The lowest BCUT2D eigenvalue weighted by Gasteiger charge is -2.29. The number of hydrogen-bond donors (Lipinski definition) is 0. The Morgan fingerprint density at radius 2 is 0.740 bits per heavy atom. The standard InChI is InChI=1S/C71H48N2/c1-71(2)65-26-14-12-21-57(65)58-40-38-52(44-66(58)71)72(51-37-39-56-55-20-8-11-25-62(55)70(64(56)43-51)69-60-23-9-6-18-53(60)54-19-7-10-24-61(54)69)49-33-30-47(31-34-49)48-32-41-68-63(42-48)59-22-13-15-27-67(59)73(68)50-35-28-46(29-36-50)45-16-4-3-5-17-45/h3-44H,1-2H3. The monoisotopic (exact) mass is 928 g/mol. The summed E-state index contributed by atoms with van der Waals surface area (Å²) in [5.74, 6) is 0. The molecule has 12 aromatic rings. The van der Waals surface area contributed by atoms with Crippen LogP contribution in [0.15, 0.2) is 255 Å². The second-order valence-corrected chi connectivity index (χ2v) is 20.4. The predicted molar refractivity (Wildman–Crippen MR) is 306 cm³/mol. The fourth-order valence-corrected chi connectivity index (χ4v) is 12.7. The molecule has 2 heteroatoms. The number of fused-ring (bicyclic) bond motifs is 12. The van der Waals surface area contributed by atoms with Crippen LogP contribution in [0.25, 0.3) is 94.3 Å². The molecule has 0 saturated carbocycles. The molecule has 3 aliphatic carbocycles. The third kappa shape index (κ3) is 6.24. The Morgan fingerprint density at radius 1 is 0.288 bits per heavy atom. The molecule has 1 heterocycles. The number of nitrogens with zero attached hydrogens (tertiary/aromatic N) is 2. The zero-order valence-corrected chi connectivity index (χ0v) is 40.6. The average molecular weight is 929 g/mol. The Kier molecular flexibility index (Phi) is 9.04. The molecule has 0 unspecified atom stereocenters. The molecule has 15 rings (SSSR count). The number of rotatable bonds is 6. The van der Waals surface area contributed by atoms with Crippen LogP contribution in [0.1, 0.15) is 47.2 Å². The van der Waals surface area contributed by atoms with E-state index in [-0.39, 0.29) is 5.41 Å². The lowest BCUT2D eigenvalue weighted by atomic mass is 9.82. The van der Waals surface area contributed by atoms with E-state index in [1.807, 2.05) is 0 Å². The highest BCUT2D eigenvalue weighted by atomic mass is 15.1. The first-order valence-electron chi connectivity index (χ1n) is 25.5. The molecule has 0 bridgehead atoms. The van der Waals surface area contributed by atoms with E-state index in [0.717, 1.165) is 22.7 Å². The first-order valence-corrected chi connectivity index (χ1v) is 25.5. The Morgan fingerprint density at radius 3 is 1.42 bits per heavy atom. The van der Waals surface area contributed by atoms with Crippen LogP contribution < -0.4 is 4.90 Å². The van der Waals surface area contributed by atoms with Crippen molar-refractivity contribution in [1.82, 2.24) is 4.57 Å². The fourth-order valence-electron chi connectivity index (χ4n) is 12.7. The van der Waals surface area contributed by atoms with Gasteiger partial charge >= 0.3 is 0 Å². The minimum Gasteiger partial charge on any atom is -0.310 e. The number of aromatic nitrogens is 1. The van der Waals surface area contributed by atoms with Gasteiger partial charge in [-0.15, -0.1) is 0 Å². The van der Waals surface area contributed by atoms with Gasteiger partial charge in [-0.25, -0.2) is 0 Å². The summed E-state index contributed by atoms with van der Waals surface area (Å²) in [6, 6.07) is 94.7. The van der Waals surface area contributed by atoms with Gasteiger partial charge in [0, 0.05) is 38.9 Å². The van der Waals surface area contributed by atoms with Crippen molar-refractivity contribution in [3.63, 3.8) is 0 Å². The highest BCUT2D eigenvalue weighted by molar-refractivity contribution is 6.19. The number of anilines is 3. The molecular formula is C71H48N2. The van der Waals surface area contributed by atoms with Crippen molar-refractivity contribution in [2.24, 2.45) is 0 Å². The summed E-state index contributed by atoms with van der Waals surface area (Å²) in [7, 11) is 0. The van der Waals surface area contributed by atoms with Crippen LogP contribution in [0.4, 0.5) is 17.1 Å². The predicted octanol–water partition coefficient (Wildman–Crippen LogP) is 18.9. The van der Waals surface area contributed by atoms with E-state index in [0.29, 0.717) is 0 Å². The summed E-state index contributed by atoms with van der Waals surface area (Å²) >= 11 is 0. The molecule has 0 aliphatic heterocycles. The van der Waals surface area contributed by atoms with Crippen LogP contribution in [-0.2, 0) is 5.41 Å². The van der Waals surface area contributed by atoms with Crippen LogP contribution >= 0.6 is 0 Å². The summed E-state index contributed by atoms with van der Waals surface area (Å²) in [5, 5.41) is 2.48. The molecule has 1 aromatic heterocycles. The molecule has 0 atom stereocenters. The van der Waals surface area contributed by atoms with Crippen LogP contribution in [0.3, 0.4) is 0 Å². The highest BCUT2D eigenvalue weighted by Gasteiger charge is 2.37. The Bertz CT molecular complexity index is 4210. The molecule has 0 saturated heterocycles. The van der Waals surface area contributed by atoms with Gasteiger partial charge in [0.1, 0.15) is 0 Å². The first kappa shape index (κ1) is 41.5. The van der Waals surface area contributed by atoms with E-state index in [1.54, 1.807) is 0 Å². The van der Waals surface area contributed by atoms with Gasteiger partial charge < -0.3 is 9.47 Å². The van der Waals surface area contributed by atoms with E-state index in [2.05, 4.69) is 278 Å². The molecular weight excluding hydrogens is 881 g/mol. The summed E-state index contributed by atoms with van der Waals surface area (Å²) in [6.07, 6.45) is 0. The van der Waals surface area contributed by atoms with Gasteiger partial charge in [0.2, 0.25) is 0 Å². The van der Waals surface area contributed by atoms with Gasteiger partial charge in [-0.3, -0.25) is 0 Å². The van der Waals surface area contributed by atoms with Gasteiger partial charge in [-0.05, 0) is 167 Å². The SMILES string of the molecule is CC1(C)c2ccccc2-c2ccc(N(c3ccc(-c4ccc5c(c4)c4ccccc4n5-c4ccc(-c5ccccc5)cc4)cc3)c3ccc4c(c3)C(=C3c5ccccc5-c5ccccc53)c3ccccc3-4)cc21. The molecule has 0 radical (unpaired) electrons. The summed E-state index contributed by atoms with van der Waals surface area (Å²) in [4.78, 5) is 2.48. The summed E-state index contributed by atoms with van der Waals surface area (Å²) < 4.78 is 2.40. The highest BCUT2D eigenvalue weighted by Crippen LogP contribution is 2.56. The zero-order valence-electron chi connectivity index (χ0n) is 40.6. The molecule has 2 nitrogen and oxygen atoms in total. The van der Waals surface area contributed by atoms with Crippen molar-refractivity contribution in [3.8, 4) is 61.3 Å². The smallest absolute Gasteiger partial charge is 0.0541 e. The van der Waals surface area contributed by atoms with E-state index in [4.69, 9.17) is 0 Å². The van der Waals surface area contributed by atoms with Crippen LogP contribution in [-0.4, -0.2) is 4.57 Å². The molecule has 0 N–H and O–H groups in total. The quantitative estimate of drug-likeness (QED) is 0.161. The Hall–Kier alpha value is -9.24. The largest absolute Gasteiger partial charge is 0.310 e. The van der Waals surface area contributed by atoms with Crippen molar-refractivity contribution in [2.75, 3.05) is 4.90 Å². The van der Waals surface area contributed by atoms with Gasteiger partial charge in [-0.2, -0.15) is 0 Å². The lowest BCUT2D eigenvalue weighted by molar-refractivity contribution is 0.660. The van der Waals surface area contributed by atoms with Gasteiger partial charge in [-0.1, -0.05) is 202 Å². The normalized spacial score (nSPS) is 13.4. The molecule has 11 aromatic carbocycles. The first-order chi connectivity index (χ1) is 36.0. The van der Waals surface area contributed by atoms with E-state index >= 15 is 0 Å². The maximum atomic E-state index is 2.48. The van der Waals surface area contributed by atoms with Crippen LogP contribution in [0.5, 0.6) is 0 Å². The van der Waals surface area contributed by atoms with E-state index in [1.165, 1.54) is 122 Å². The minimum absolute atomic E-state index is 0.148. The molecule has 73 heavy (non-hydrogen) atoms. The molecule has 342 valence electrons. The molecule has 0 spiro atoms. The third-order valence-corrected chi connectivity index (χ3v) is 16.1. The number of benzene rings is 11. The Balaban J connectivity index is 0.873. The molecule has 0 fully saturated rings. The second-order valence-electron chi connectivity index (χ2n) is 20.4. The van der Waals surface area contributed by atoms with Crippen LogP contribution in [0, 0.1) is 0 Å². The van der Waals surface area contributed by atoms with Crippen LogP contribution in [0.2, 0.25) is 0 Å². The fraction of sp³-hybridized carbons (Fsp3) is 0.0423. The van der Waals surface area contributed by atoms with Crippen molar-refractivity contribution in [1.29, 1.82) is 0 Å². The summed E-state index contributed by atoms with van der Waals surface area (Å²) in [5.41, 5.74) is 29.8. The van der Waals surface area contributed by atoms with Gasteiger partial charge in [0.15, 0.2) is 0 Å². The second kappa shape index (κ2) is 15.9. The maximum absolute atomic E-state index is 2.48. The van der Waals surface area contributed by atoms with Crippen molar-refractivity contribution in [2.45, 2.75) is 19.3 Å². The third-order valence-electron chi connectivity index (χ3n) is 16.1. The average Bonchev–Trinajstić information content (AvgIpc) is 4.16. The zero-order chi connectivity index (χ0) is 48.4. The topological polar surface area (TPSA) is 8.17 Å². The molecule has 3 aliphatic rings. The van der Waals surface area contributed by atoms with Crippen molar-refractivity contribution >= 4 is 50.0 Å².